The van der Waals surface area contributed by atoms with E-state index < -0.39 is 0 Å². The Morgan fingerprint density at radius 1 is 1.57 bits per heavy atom. The lowest BCUT2D eigenvalue weighted by Crippen LogP contribution is -1.89. The highest BCUT2D eigenvalue weighted by Crippen LogP contribution is 2.21. The number of nitrogens with one attached hydrogen (secondary N) is 1. The summed E-state index contributed by atoms with van der Waals surface area (Å²) in [5.41, 5.74) is 1.07. The van der Waals surface area contributed by atoms with Gasteiger partial charge in [0.25, 0.3) is 0 Å². The van der Waals surface area contributed by atoms with Gasteiger partial charge in [-0.25, -0.2) is 4.39 Å². The van der Waals surface area contributed by atoms with Crippen LogP contribution < -0.4 is 5.32 Å². The minimum Gasteiger partial charge on any atom is -0.362 e. The molecule has 1 N–H and O–H groups in total. The monoisotopic (exact) mass is 191 g/mol. The number of nitrogens with zero attached hydrogens (tertiary/aromatic N) is 2. The third kappa shape index (κ3) is 1.35. The van der Waals surface area contributed by atoms with E-state index in [9.17, 15) is 4.39 Å². The Kier molecular flexibility index (Phi) is 1.96. The Morgan fingerprint density at radius 2 is 2.36 bits per heavy atom. The average Bonchev–Trinajstić information content (AvgIpc) is 2.47. The van der Waals surface area contributed by atoms with E-state index in [-0.39, 0.29) is 5.82 Å². The summed E-state index contributed by atoms with van der Waals surface area (Å²) in [5, 5.41) is 7.61. The molecule has 0 saturated carbocycles. The van der Waals surface area contributed by atoms with E-state index in [1.165, 1.54) is 12.3 Å². The third-order valence-electron chi connectivity index (χ3n) is 1.95. The number of halogens is 1. The van der Waals surface area contributed by atoms with Crippen molar-refractivity contribution in [3.05, 3.63) is 36.9 Å². The molecule has 0 saturated heterocycles. The maximum atomic E-state index is 13.4. The largest absolute Gasteiger partial charge is 0.362 e. The minimum absolute atomic E-state index is 0.326. The van der Waals surface area contributed by atoms with Crippen LogP contribution in [0.5, 0.6) is 0 Å². The highest BCUT2D eigenvalue weighted by Gasteiger charge is 2.06. The summed E-state index contributed by atoms with van der Waals surface area (Å²) < 4.78 is 15.0. The molecule has 0 spiro atoms. The number of anilines is 1. The SMILES string of the molecule is C=CNc1cc(F)c2nn(C)cc2c1. The molecular formula is C10H10FN3. The van der Waals surface area contributed by atoms with Gasteiger partial charge < -0.3 is 5.32 Å². The van der Waals surface area contributed by atoms with Crippen molar-refractivity contribution in [2.45, 2.75) is 0 Å². The Bertz CT molecular complexity index is 487. The van der Waals surface area contributed by atoms with Gasteiger partial charge in [-0.1, -0.05) is 6.58 Å². The van der Waals surface area contributed by atoms with Gasteiger partial charge in [-0.3, -0.25) is 4.68 Å². The Morgan fingerprint density at radius 3 is 3.07 bits per heavy atom. The molecule has 1 heterocycles. The molecule has 0 aliphatic heterocycles. The van der Waals surface area contributed by atoms with Crippen molar-refractivity contribution < 1.29 is 4.39 Å². The lowest BCUT2D eigenvalue weighted by atomic mass is 10.2. The van der Waals surface area contributed by atoms with Crippen molar-refractivity contribution in [2.75, 3.05) is 5.32 Å². The molecule has 0 amide bonds. The Labute approximate surface area is 80.8 Å². The minimum atomic E-state index is -0.326. The smallest absolute Gasteiger partial charge is 0.153 e. The molecule has 0 fully saturated rings. The summed E-state index contributed by atoms with van der Waals surface area (Å²) in [6.07, 6.45) is 3.28. The second-order valence-electron chi connectivity index (χ2n) is 3.05. The summed E-state index contributed by atoms with van der Waals surface area (Å²) >= 11 is 0. The first-order chi connectivity index (χ1) is 6.70. The summed E-state index contributed by atoms with van der Waals surface area (Å²) in [4.78, 5) is 0. The maximum Gasteiger partial charge on any atom is 0.153 e. The lowest BCUT2D eigenvalue weighted by Gasteiger charge is -1.99. The molecule has 2 rings (SSSR count). The molecule has 0 radical (unpaired) electrons. The highest BCUT2D eigenvalue weighted by molar-refractivity contribution is 5.82. The molecule has 0 atom stereocenters. The van der Waals surface area contributed by atoms with Crippen LogP contribution in [0.4, 0.5) is 10.1 Å². The molecule has 0 bridgehead atoms. The van der Waals surface area contributed by atoms with Crippen LogP contribution in [-0.4, -0.2) is 9.78 Å². The van der Waals surface area contributed by atoms with E-state index in [1.54, 1.807) is 17.9 Å². The molecule has 72 valence electrons. The van der Waals surface area contributed by atoms with E-state index in [4.69, 9.17) is 0 Å². The van der Waals surface area contributed by atoms with Gasteiger partial charge in [0.15, 0.2) is 5.82 Å². The molecule has 0 aliphatic rings. The molecule has 2 aromatic rings. The van der Waals surface area contributed by atoms with Gasteiger partial charge in [-0.2, -0.15) is 5.10 Å². The first-order valence-corrected chi connectivity index (χ1v) is 4.21. The molecule has 0 aliphatic carbocycles. The van der Waals surface area contributed by atoms with Gasteiger partial charge in [0, 0.05) is 24.3 Å². The van der Waals surface area contributed by atoms with Crippen LogP contribution >= 0.6 is 0 Å². The molecule has 1 aromatic heterocycles. The summed E-state index contributed by atoms with van der Waals surface area (Å²) in [6.45, 7) is 3.52. The zero-order chi connectivity index (χ0) is 10.1. The fourth-order valence-corrected chi connectivity index (χ4v) is 1.41. The number of hydrogen-bond donors (Lipinski definition) is 1. The fourth-order valence-electron chi connectivity index (χ4n) is 1.41. The predicted octanol–water partition coefficient (Wildman–Crippen LogP) is 2.27. The topological polar surface area (TPSA) is 29.9 Å². The number of hydrogen-bond acceptors (Lipinski definition) is 2. The average molecular weight is 191 g/mol. The summed E-state index contributed by atoms with van der Waals surface area (Å²) in [7, 11) is 1.76. The lowest BCUT2D eigenvalue weighted by molar-refractivity contribution is 0.633. The van der Waals surface area contributed by atoms with Gasteiger partial charge in [0.05, 0.1) is 0 Å². The molecular weight excluding hydrogens is 181 g/mol. The first kappa shape index (κ1) is 8.74. The van der Waals surface area contributed by atoms with E-state index in [0.29, 0.717) is 11.2 Å². The molecule has 0 unspecified atom stereocenters. The Balaban J connectivity index is 2.64. The van der Waals surface area contributed by atoms with Crippen LogP contribution in [0.1, 0.15) is 0 Å². The van der Waals surface area contributed by atoms with Crippen molar-refractivity contribution in [3.8, 4) is 0 Å². The second kappa shape index (κ2) is 3.14. The van der Waals surface area contributed by atoms with Gasteiger partial charge >= 0.3 is 0 Å². The van der Waals surface area contributed by atoms with E-state index in [1.807, 2.05) is 6.07 Å². The van der Waals surface area contributed by atoms with Crippen molar-refractivity contribution >= 4 is 16.6 Å². The number of aryl methyl sites for hydroxylation is 1. The van der Waals surface area contributed by atoms with Crippen molar-refractivity contribution in [2.24, 2.45) is 7.05 Å². The van der Waals surface area contributed by atoms with E-state index in [2.05, 4.69) is 17.0 Å². The van der Waals surface area contributed by atoms with E-state index in [0.717, 1.165) is 5.39 Å². The molecule has 14 heavy (non-hydrogen) atoms. The molecule has 4 heteroatoms. The van der Waals surface area contributed by atoms with Crippen LogP contribution in [0.3, 0.4) is 0 Å². The standard InChI is InChI=1S/C10H10FN3/c1-3-12-8-4-7-6-14(2)13-10(7)9(11)5-8/h3-6,12H,1H2,2H3. The molecule has 3 nitrogen and oxygen atoms in total. The predicted molar refractivity (Wildman–Crippen MR) is 54.5 cm³/mol. The molecule has 1 aromatic carbocycles. The maximum absolute atomic E-state index is 13.4. The highest BCUT2D eigenvalue weighted by atomic mass is 19.1. The quantitative estimate of drug-likeness (QED) is 0.789. The van der Waals surface area contributed by atoms with Crippen molar-refractivity contribution in [1.29, 1.82) is 0 Å². The fraction of sp³-hybridized carbons (Fsp3) is 0.100. The van der Waals surface area contributed by atoms with Crippen LogP contribution in [0.15, 0.2) is 31.1 Å². The van der Waals surface area contributed by atoms with Gasteiger partial charge in [-0.05, 0) is 18.3 Å². The second-order valence-corrected chi connectivity index (χ2v) is 3.05. The third-order valence-corrected chi connectivity index (χ3v) is 1.95. The van der Waals surface area contributed by atoms with Gasteiger partial charge in [0.2, 0.25) is 0 Å². The van der Waals surface area contributed by atoms with Crippen LogP contribution in [0, 0.1) is 5.82 Å². The van der Waals surface area contributed by atoms with E-state index >= 15 is 0 Å². The summed E-state index contributed by atoms with van der Waals surface area (Å²) in [6, 6.07) is 3.23. The van der Waals surface area contributed by atoms with Gasteiger partial charge in [0.1, 0.15) is 5.52 Å². The van der Waals surface area contributed by atoms with Gasteiger partial charge in [-0.15, -0.1) is 0 Å². The van der Waals surface area contributed by atoms with Crippen LogP contribution in [0.25, 0.3) is 10.9 Å². The number of fused-ring (bicyclic) bond motifs is 1. The van der Waals surface area contributed by atoms with Crippen LogP contribution in [0.2, 0.25) is 0 Å². The zero-order valence-corrected chi connectivity index (χ0v) is 7.79. The number of benzene rings is 1. The normalized spacial score (nSPS) is 10.4. The number of aromatic nitrogens is 2. The van der Waals surface area contributed by atoms with Crippen LogP contribution in [-0.2, 0) is 7.05 Å². The van der Waals surface area contributed by atoms with Crippen molar-refractivity contribution in [1.82, 2.24) is 9.78 Å². The van der Waals surface area contributed by atoms with Crippen molar-refractivity contribution in [3.63, 3.8) is 0 Å². The zero-order valence-electron chi connectivity index (χ0n) is 7.79. The summed E-state index contributed by atoms with van der Waals surface area (Å²) in [5.74, 6) is -0.326. The first-order valence-electron chi connectivity index (χ1n) is 4.21. The Hall–Kier alpha value is -1.84. The number of rotatable bonds is 2.